The summed E-state index contributed by atoms with van der Waals surface area (Å²) >= 11 is 0. The minimum absolute atomic E-state index is 0.254. The van der Waals surface area contributed by atoms with Crippen LogP contribution in [0.1, 0.15) is 0 Å². The molecule has 1 amide bonds. The van der Waals surface area contributed by atoms with Crippen molar-refractivity contribution in [1.82, 2.24) is 19.5 Å². The van der Waals surface area contributed by atoms with E-state index in [9.17, 15) is 9.59 Å². The van der Waals surface area contributed by atoms with Crippen LogP contribution >= 0.6 is 0 Å². The fraction of sp³-hybridized carbons (Fsp3) is 0. The van der Waals surface area contributed by atoms with Crippen molar-refractivity contribution in [2.45, 2.75) is 0 Å². The molecule has 0 spiro atoms. The Kier molecular flexibility index (Phi) is 4.81. The van der Waals surface area contributed by atoms with E-state index < -0.39 is 0 Å². The molecule has 4 rings (SSSR count). The van der Waals surface area contributed by atoms with E-state index in [-0.39, 0.29) is 11.5 Å². The minimum Gasteiger partial charge on any atom is -0.323 e. The highest BCUT2D eigenvalue weighted by atomic mass is 16.1. The minimum atomic E-state index is -0.335. The predicted octanol–water partition coefficient (Wildman–Crippen LogP) is 3.04. The Bertz CT molecular complexity index is 1270. The van der Waals surface area contributed by atoms with Crippen molar-refractivity contribution < 1.29 is 4.79 Å². The molecule has 8 heteroatoms. The van der Waals surface area contributed by atoms with Gasteiger partial charge in [-0.2, -0.15) is 4.98 Å². The van der Waals surface area contributed by atoms with Gasteiger partial charge in [-0.3, -0.25) is 19.1 Å². The second kappa shape index (κ2) is 7.73. The van der Waals surface area contributed by atoms with Gasteiger partial charge in [0.05, 0.1) is 17.6 Å². The van der Waals surface area contributed by atoms with Crippen LogP contribution < -0.4 is 16.2 Å². The number of nitrogens with zero attached hydrogens (tertiary/aromatic N) is 4. The van der Waals surface area contributed by atoms with Gasteiger partial charge >= 0.3 is 0 Å². The van der Waals surface area contributed by atoms with Gasteiger partial charge in [0.25, 0.3) is 5.56 Å². The molecule has 1 aromatic carbocycles. The molecule has 0 aliphatic carbocycles. The molecule has 0 atom stereocenters. The van der Waals surface area contributed by atoms with Gasteiger partial charge in [0.1, 0.15) is 0 Å². The topological polar surface area (TPSA) is 102 Å². The largest absolute Gasteiger partial charge is 0.323 e. The number of benzene rings is 1. The van der Waals surface area contributed by atoms with Crippen LogP contribution in [-0.2, 0) is 4.79 Å². The number of aromatic nitrogens is 4. The van der Waals surface area contributed by atoms with Crippen molar-refractivity contribution in [1.29, 1.82) is 0 Å². The van der Waals surface area contributed by atoms with E-state index in [2.05, 4.69) is 32.2 Å². The number of fused-ring (bicyclic) bond motifs is 1. The zero-order chi connectivity index (χ0) is 20.2. The van der Waals surface area contributed by atoms with Gasteiger partial charge in [0.2, 0.25) is 11.9 Å². The van der Waals surface area contributed by atoms with Crippen LogP contribution in [0, 0.1) is 0 Å². The quantitative estimate of drug-likeness (QED) is 0.513. The van der Waals surface area contributed by atoms with Gasteiger partial charge in [-0.05, 0) is 42.5 Å². The molecular formula is C21H16N6O2. The Labute approximate surface area is 165 Å². The van der Waals surface area contributed by atoms with E-state index in [1.54, 1.807) is 55.0 Å². The van der Waals surface area contributed by atoms with Crippen molar-refractivity contribution in [3.63, 3.8) is 0 Å². The molecule has 0 aliphatic heterocycles. The standard InChI is InChI=1S/C21H16N6O2/c1-2-18(28)24-15-5-3-7-17(11-15)27-19(29)9-8-14-12-23-21(26-20(14)27)25-16-6-4-10-22-13-16/h2-13H,1H2,(H,24,28)(H,23,25,26). The van der Waals surface area contributed by atoms with Crippen LogP contribution in [0.4, 0.5) is 17.3 Å². The highest BCUT2D eigenvalue weighted by Gasteiger charge is 2.10. The van der Waals surface area contributed by atoms with Gasteiger partial charge in [0, 0.05) is 29.5 Å². The molecule has 0 aliphatic rings. The van der Waals surface area contributed by atoms with Crippen molar-refractivity contribution >= 4 is 34.3 Å². The molecular weight excluding hydrogens is 368 g/mol. The number of pyridine rings is 2. The van der Waals surface area contributed by atoms with Crippen LogP contribution in [0.15, 0.2) is 84.6 Å². The maximum atomic E-state index is 12.7. The fourth-order valence-electron chi connectivity index (χ4n) is 2.81. The molecule has 0 bridgehead atoms. The molecule has 0 saturated carbocycles. The van der Waals surface area contributed by atoms with E-state index in [1.807, 2.05) is 6.07 Å². The monoisotopic (exact) mass is 384 g/mol. The van der Waals surface area contributed by atoms with Gasteiger partial charge in [-0.1, -0.05) is 12.6 Å². The van der Waals surface area contributed by atoms with Crippen LogP contribution in [0.2, 0.25) is 0 Å². The van der Waals surface area contributed by atoms with Crippen molar-refractivity contribution in [2.24, 2.45) is 0 Å². The average molecular weight is 384 g/mol. The average Bonchev–Trinajstić information content (AvgIpc) is 2.74. The summed E-state index contributed by atoms with van der Waals surface area (Å²) in [6.45, 7) is 3.44. The highest BCUT2D eigenvalue weighted by molar-refractivity contribution is 5.99. The Hall–Kier alpha value is -4.33. The van der Waals surface area contributed by atoms with Crippen molar-refractivity contribution in [3.8, 4) is 5.69 Å². The molecule has 3 aromatic heterocycles. The first-order valence-electron chi connectivity index (χ1n) is 8.74. The second-order valence-corrected chi connectivity index (χ2v) is 6.09. The third-order valence-electron chi connectivity index (χ3n) is 4.11. The van der Waals surface area contributed by atoms with Gasteiger partial charge < -0.3 is 10.6 Å². The van der Waals surface area contributed by atoms with Crippen LogP contribution in [-0.4, -0.2) is 25.4 Å². The third kappa shape index (κ3) is 3.86. The molecule has 0 fully saturated rings. The van der Waals surface area contributed by atoms with E-state index in [4.69, 9.17) is 0 Å². The number of carbonyl (C=O) groups is 1. The van der Waals surface area contributed by atoms with E-state index in [0.29, 0.717) is 28.4 Å². The maximum absolute atomic E-state index is 12.7. The Morgan fingerprint density at radius 3 is 2.72 bits per heavy atom. The smallest absolute Gasteiger partial charge is 0.256 e. The number of anilines is 3. The summed E-state index contributed by atoms with van der Waals surface area (Å²) in [5, 5.41) is 6.46. The Balaban J connectivity index is 1.81. The lowest BCUT2D eigenvalue weighted by atomic mass is 10.2. The Morgan fingerprint density at radius 1 is 1.07 bits per heavy atom. The van der Waals surface area contributed by atoms with E-state index in [0.717, 1.165) is 5.69 Å². The van der Waals surface area contributed by atoms with Gasteiger partial charge in [0.15, 0.2) is 5.65 Å². The summed E-state index contributed by atoms with van der Waals surface area (Å²) < 4.78 is 1.47. The van der Waals surface area contributed by atoms with Gasteiger partial charge in [-0.25, -0.2) is 4.98 Å². The van der Waals surface area contributed by atoms with Crippen LogP contribution in [0.25, 0.3) is 16.7 Å². The molecule has 4 aromatic rings. The molecule has 3 heterocycles. The summed E-state index contributed by atoms with van der Waals surface area (Å²) in [4.78, 5) is 37.1. The summed E-state index contributed by atoms with van der Waals surface area (Å²) in [6, 6.07) is 13.7. The van der Waals surface area contributed by atoms with Crippen molar-refractivity contribution in [3.05, 3.63) is 90.1 Å². The maximum Gasteiger partial charge on any atom is 0.256 e. The number of nitrogens with one attached hydrogen (secondary N) is 2. The molecule has 0 unspecified atom stereocenters. The lowest BCUT2D eigenvalue weighted by molar-refractivity contribution is -0.111. The van der Waals surface area contributed by atoms with Crippen LogP contribution in [0.3, 0.4) is 0 Å². The number of hydrogen-bond donors (Lipinski definition) is 2. The molecule has 2 N–H and O–H groups in total. The Morgan fingerprint density at radius 2 is 1.93 bits per heavy atom. The molecule has 142 valence electrons. The first kappa shape index (κ1) is 18.1. The normalized spacial score (nSPS) is 10.5. The number of amides is 1. The SMILES string of the molecule is C=CC(=O)Nc1cccc(-n2c(=O)ccc3cnc(Nc4cccnc4)nc32)c1. The number of hydrogen-bond acceptors (Lipinski definition) is 6. The van der Waals surface area contributed by atoms with Gasteiger partial charge in [-0.15, -0.1) is 0 Å². The summed E-state index contributed by atoms with van der Waals surface area (Å²) in [6.07, 6.45) is 6.14. The first-order valence-corrected chi connectivity index (χ1v) is 8.74. The second-order valence-electron chi connectivity index (χ2n) is 6.09. The van der Waals surface area contributed by atoms with Crippen LogP contribution in [0.5, 0.6) is 0 Å². The number of carbonyl (C=O) groups excluding carboxylic acids is 1. The zero-order valence-electron chi connectivity index (χ0n) is 15.2. The van der Waals surface area contributed by atoms with Crippen molar-refractivity contribution in [2.75, 3.05) is 10.6 Å². The van der Waals surface area contributed by atoms with E-state index >= 15 is 0 Å². The lowest BCUT2D eigenvalue weighted by Gasteiger charge is -2.12. The number of rotatable bonds is 5. The third-order valence-corrected chi connectivity index (χ3v) is 4.11. The molecule has 0 radical (unpaired) electrons. The summed E-state index contributed by atoms with van der Waals surface area (Å²) in [5.74, 6) is -0.00124. The summed E-state index contributed by atoms with van der Waals surface area (Å²) in [5.41, 5.74) is 2.01. The first-order chi connectivity index (χ1) is 14.1. The fourth-order valence-corrected chi connectivity index (χ4v) is 2.81. The molecule has 8 nitrogen and oxygen atoms in total. The molecule has 29 heavy (non-hydrogen) atoms. The highest BCUT2D eigenvalue weighted by Crippen LogP contribution is 2.20. The van der Waals surface area contributed by atoms with E-state index in [1.165, 1.54) is 16.7 Å². The molecule has 0 saturated heterocycles. The predicted molar refractivity (Wildman–Crippen MR) is 111 cm³/mol. The lowest BCUT2D eigenvalue weighted by Crippen LogP contribution is -2.19. The summed E-state index contributed by atoms with van der Waals surface area (Å²) in [7, 11) is 0. The zero-order valence-corrected chi connectivity index (χ0v) is 15.2.